The third kappa shape index (κ3) is 3.97. The summed E-state index contributed by atoms with van der Waals surface area (Å²) in [5.74, 6) is 2.56. The number of allylic oxidation sites excluding steroid dienone is 1. The Morgan fingerprint density at radius 2 is 1.94 bits per heavy atom. The van der Waals surface area contributed by atoms with Crippen LogP contribution in [0.1, 0.15) is 30.4 Å². The summed E-state index contributed by atoms with van der Waals surface area (Å²) in [4.78, 5) is 9.34. The third-order valence-corrected chi connectivity index (χ3v) is 6.43. The van der Waals surface area contributed by atoms with Crippen LogP contribution in [0.3, 0.4) is 0 Å². The lowest BCUT2D eigenvalue weighted by atomic mass is 9.90. The second-order valence-electron chi connectivity index (χ2n) is 8.67. The number of pyridine rings is 1. The number of hydrogen-bond donors (Lipinski definition) is 0. The van der Waals surface area contributed by atoms with Gasteiger partial charge in [-0.25, -0.2) is 4.98 Å². The molecule has 1 aliphatic carbocycles. The summed E-state index contributed by atoms with van der Waals surface area (Å²) in [6, 6.07) is 13.7. The van der Waals surface area contributed by atoms with Crippen LogP contribution >= 0.6 is 0 Å². The molecule has 0 amide bonds. The van der Waals surface area contributed by atoms with Crippen molar-refractivity contribution < 1.29 is 18.6 Å². The fourth-order valence-electron chi connectivity index (χ4n) is 4.44. The summed E-state index contributed by atoms with van der Waals surface area (Å²) in [6.07, 6.45) is 7.29. The third-order valence-electron chi connectivity index (χ3n) is 6.43. The molecule has 1 fully saturated rings. The zero-order valence-corrected chi connectivity index (χ0v) is 19.3. The van der Waals surface area contributed by atoms with Crippen LogP contribution in [-0.4, -0.2) is 29.8 Å². The monoisotopic (exact) mass is 465 g/mol. The number of aromatic nitrogens is 2. The molecule has 0 saturated heterocycles. The Kier molecular flexibility index (Phi) is 5.34. The SMILES string of the molecule is Cc1c(-c2ccc3c(c2)OCCO3)ccnc1-c1nc2cc(C=C3CCC3)c(OCC#N)cc2o1. The fourth-order valence-corrected chi connectivity index (χ4v) is 4.44. The lowest BCUT2D eigenvalue weighted by Gasteiger charge is -2.19. The molecule has 0 N–H and O–H groups in total. The van der Waals surface area contributed by atoms with Gasteiger partial charge in [-0.15, -0.1) is 0 Å². The maximum atomic E-state index is 8.99. The van der Waals surface area contributed by atoms with Crippen molar-refractivity contribution in [1.29, 1.82) is 5.26 Å². The van der Waals surface area contributed by atoms with E-state index in [0.717, 1.165) is 52.1 Å². The minimum absolute atomic E-state index is 0.0269. The summed E-state index contributed by atoms with van der Waals surface area (Å²) in [5, 5.41) is 8.99. The molecule has 0 atom stereocenters. The molecule has 174 valence electrons. The average molecular weight is 466 g/mol. The first kappa shape index (κ1) is 21.2. The summed E-state index contributed by atoms with van der Waals surface area (Å²) >= 11 is 0. The summed E-state index contributed by atoms with van der Waals surface area (Å²) in [7, 11) is 0. The van der Waals surface area contributed by atoms with Gasteiger partial charge < -0.3 is 18.6 Å². The molecule has 4 aromatic rings. The van der Waals surface area contributed by atoms with Crippen molar-refractivity contribution in [3.05, 3.63) is 59.3 Å². The van der Waals surface area contributed by atoms with Crippen LogP contribution in [0.4, 0.5) is 0 Å². The maximum absolute atomic E-state index is 8.99. The van der Waals surface area contributed by atoms with Gasteiger partial charge in [0.05, 0.1) is 0 Å². The van der Waals surface area contributed by atoms with Crippen LogP contribution in [0.2, 0.25) is 0 Å². The molecule has 0 spiro atoms. The van der Waals surface area contributed by atoms with E-state index in [1.807, 2.05) is 49.4 Å². The zero-order chi connectivity index (χ0) is 23.8. The Balaban J connectivity index is 1.41. The first-order valence-electron chi connectivity index (χ1n) is 11.7. The quantitative estimate of drug-likeness (QED) is 0.351. The second-order valence-corrected chi connectivity index (χ2v) is 8.67. The molecule has 7 nitrogen and oxygen atoms in total. The fraction of sp³-hybridized carbons (Fsp3) is 0.250. The van der Waals surface area contributed by atoms with Gasteiger partial charge in [0.2, 0.25) is 5.89 Å². The van der Waals surface area contributed by atoms with Crippen molar-refractivity contribution in [2.75, 3.05) is 19.8 Å². The van der Waals surface area contributed by atoms with Gasteiger partial charge in [-0.05, 0) is 67.1 Å². The molecular weight excluding hydrogens is 442 g/mol. The Labute approximate surface area is 202 Å². The summed E-state index contributed by atoms with van der Waals surface area (Å²) in [5.41, 5.74) is 7.25. The highest BCUT2D eigenvalue weighted by Crippen LogP contribution is 2.38. The number of benzene rings is 2. The van der Waals surface area contributed by atoms with Gasteiger partial charge in [-0.2, -0.15) is 5.26 Å². The molecule has 3 heterocycles. The van der Waals surface area contributed by atoms with Crippen LogP contribution in [0.25, 0.3) is 39.9 Å². The van der Waals surface area contributed by atoms with Gasteiger partial charge in [0.25, 0.3) is 0 Å². The van der Waals surface area contributed by atoms with E-state index in [0.29, 0.717) is 36.1 Å². The van der Waals surface area contributed by atoms with Crippen molar-refractivity contribution in [3.8, 4) is 46.0 Å². The van der Waals surface area contributed by atoms with Crippen LogP contribution in [0, 0.1) is 18.3 Å². The van der Waals surface area contributed by atoms with E-state index in [1.165, 1.54) is 12.0 Å². The van der Waals surface area contributed by atoms with Crippen molar-refractivity contribution >= 4 is 17.2 Å². The highest BCUT2D eigenvalue weighted by molar-refractivity contribution is 5.83. The van der Waals surface area contributed by atoms with Crippen LogP contribution in [-0.2, 0) is 0 Å². The lowest BCUT2D eigenvalue weighted by Crippen LogP contribution is -2.15. The zero-order valence-electron chi connectivity index (χ0n) is 19.3. The molecule has 2 aliphatic rings. The minimum atomic E-state index is -0.0269. The number of oxazole rings is 1. The first-order chi connectivity index (χ1) is 17.2. The van der Waals surface area contributed by atoms with Crippen molar-refractivity contribution in [3.63, 3.8) is 0 Å². The highest BCUT2D eigenvalue weighted by Gasteiger charge is 2.19. The number of rotatable bonds is 5. The standard InChI is InChI=1S/C28H23N3O4/c1-17-21(19-5-6-23-26(15-19)34-12-11-33-23)7-9-30-27(17)28-31-22-14-20(13-18-3-2-4-18)24(32-10-8-29)16-25(22)35-28/h5-7,9,13-16H,2-4,10-12H2,1H3. The normalized spacial score (nSPS) is 14.3. The molecule has 2 aromatic carbocycles. The molecular formula is C28H23N3O4. The number of hydrogen-bond acceptors (Lipinski definition) is 7. The van der Waals surface area contributed by atoms with E-state index >= 15 is 0 Å². The predicted molar refractivity (Wildman–Crippen MR) is 131 cm³/mol. The highest BCUT2D eigenvalue weighted by atomic mass is 16.6. The summed E-state index contributed by atoms with van der Waals surface area (Å²) in [6.45, 7) is 3.08. The lowest BCUT2D eigenvalue weighted by molar-refractivity contribution is 0.171. The van der Waals surface area contributed by atoms with E-state index in [-0.39, 0.29) is 6.61 Å². The van der Waals surface area contributed by atoms with Gasteiger partial charge in [-0.1, -0.05) is 17.7 Å². The van der Waals surface area contributed by atoms with Crippen LogP contribution in [0.5, 0.6) is 17.2 Å². The van der Waals surface area contributed by atoms with Crippen molar-refractivity contribution in [2.45, 2.75) is 26.2 Å². The van der Waals surface area contributed by atoms with Gasteiger partial charge in [0, 0.05) is 17.8 Å². The van der Waals surface area contributed by atoms with E-state index in [1.54, 1.807) is 6.20 Å². The largest absolute Gasteiger partial charge is 0.486 e. The second kappa shape index (κ2) is 8.80. The maximum Gasteiger partial charge on any atom is 0.246 e. The molecule has 0 bridgehead atoms. The minimum Gasteiger partial charge on any atom is -0.486 e. The van der Waals surface area contributed by atoms with Gasteiger partial charge in [0.1, 0.15) is 36.2 Å². The van der Waals surface area contributed by atoms with Crippen molar-refractivity contribution in [2.24, 2.45) is 0 Å². The average Bonchev–Trinajstić information content (AvgIpc) is 3.27. The molecule has 6 rings (SSSR count). The van der Waals surface area contributed by atoms with E-state index in [9.17, 15) is 0 Å². The number of nitrogens with zero attached hydrogens (tertiary/aromatic N) is 3. The number of ether oxygens (including phenoxy) is 3. The molecule has 7 heteroatoms. The Hall–Kier alpha value is -4.31. The number of fused-ring (bicyclic) bond motifs is 2. The number of nitriles is 1. The predicted octanol–water partition coefficient (Wildman–Crippen LogP) is 6.11. The first-order valence-corrected chi connectivity index (χ1v) is 11.7. The molecule has 1 aliphatic heterocycles. The molecule has 0 radical (unpaired) electrons. The Morgan fingerprint density at radius 1 is 1.09 bits per heavy atom. The molecule has 1 saturated carbocycles. The van der Waals surface area contributed by atoms with Crippen molar-refractivity contribution in [1.82, 2.24) is 9.97 Å². The van der Waals surface area contributed by atoms with Crippen LogP contribution in [0.15, 0.2) is 52.6 Å². The summed E-state index contributed by atoms with van der Waals surface area (Å²) < 4.78 is 23.2. The van der Waals surface area contributed by atoms with Crippen LogP contribution < -0.4 is 14.2 Å². The van der Waals surface area contributed by atoms with Gasteiger partial charge in [0.15, 0.2) is 23.7 Å². The Morgan fingerprint density at radius 3 is 2.74 bits per heavy atom. The van der Waals surface area contributed by atoms with E-state index < -0.39 is 0 Å². The molecule has 0 unspecified atom stereocenters. The topological polar surface area (TPSA) is 90.4 Å². The van der Waals surface area contributed by atoms with E-state index in [4.69, 9.17) is 28.9 Å². The van der Waals surface area contributed by atoms with E-state index in [2.05, 4.69) is 11.1 Å². The van der Waals surface area contributed by atoms with Gasteiger partial charge >= 0.3 is 0 Å². The molecule has 35 heavy (non-hydrogen) atoms. The Bertz CT molecular complexity index is 1510. The van der Waals surface area contributed by atoms with Gasteiger partial charge in [-0.3, -0.25) is 4.98 Å². The molecule has 2 aromatic heterocycles. The smallest absolute Gasteiger partial charge is 0.246 e.